The Morgan fingerprint density at radius 3 is 2.65 bits per heavy atom. The van der Waals surface area contributed by atoms with E-state index in [2.05, 4.69) is 4.74 Å². The zero-order valence-corrected chi connectivity index (χ0v) is 9.59. The van der Waals surface area contributed by atoms with E-state index in [1.54, 1.807) is 6.07 Å². The quantitative estimate of drug-likeness (QED) is 0.619. The summed E-state index contributed by atoms with van der Waals surface area (Å²) in [6.45, 7) is 0. The number of carbonyl (C=O) groups excluding carboxylic acids is 1. The molecule has 17 heavy (non-hydrogen) atoms. The Morgan fingerprint density at radius 2 is 2.24 bits per heavy atom. The number of carbonyl (C=O) groups is 1. The Kier molecular flexibility index (Phi) is 4.41. The molecule has 0 N–H and O–H groups in total. The molecule has 1 rings (SSSR count). The molecule has 0 aliphatic rings. The van der Waals surface area contributed by atoms with Gasteiger partial charge < -0.3 is 4.74 Å². The molecule has 0 radical (unpaired) electrons. The van der Waals surface area contributed by atoms with Gasteiger partial charge in [-0.25, -0.2) is 13.6 Å². The fourth-order valence-corrected chi connectivity index (χ4v) is 1.68. The molecule has 0 aliphatic heterocycles. The highest BCUT2D eigenvalue weighted by atomic mass is 35.5. The lowest BCUT2D eigenvalue weighted by Gasteiger charge is -2.12. The molecule has 0 unspecified atom stereocenters. The molecular formula is C11H8ClF2NO2. The summed E-state index contributed by atoms with van der Waals surface area (Å²) >= 11 is 5.52. The molecule has 0 atom stereocenters. The van der Waals surface area contributed by atoms with Crippen molar-refractivity contribution in [1.82, 2.24) is 0 Å². The number of halogens is 3. The van der Waals surface area contributed by atoms with Crippen LogP contribution in [0, 0.1) is 11.3 Å². The third-order valence-corrected chi connectivity index (χ3v) is 2.50. The third-order valence-electron chi connectivity index (χ3n) is 2.21. The van der Waals surface area contributed by atoms with Crippen molar-refractivity contribution in [3.8, 4) is 6.07 Å². The highest BCUT2D eigenvalue weighted by Gasteiger charge is 2.25. The summed E-state index contributed by atoms with van der Waals surface area (Å²) in [5.41, 5.74) is -0.990. The highest BCUT2D eigenvalue weighted by molar-refractivity contribution is 6.17. The van der Waals surface area contributed by atoms with Gasteiger partial charge >= 0.3 is 5.97 Å². The molecule has 0 bridgehead atoms. The smallest absolute Gasteiger partial charge is 0.339 e. The number of methoxy groups -OCH3 is 1. The molecule has 1 aromatic rings. The maximum atomic E-state index is 12.9. The Labute approximate surface area is 102 Å². The lowest BCUT2D eigenvalue weighted by molar-refractivity contribution is 0.0588. The zero-order chi connectivity index (χ0) is 13.0. The van der Waals surface area contributed by atoms with Gasteiger partial charge in [0.05, 0.1) is 18.2 Å². The molecule has 0 aromatic heterocycles. The van der Waals surface area contributed by atoms with E-state index in [0.717, 1.165) is 7.11 Å². The van der Waals surface area contributed by atoms with Crippen LogP contribution in [0.15, 0.2) is 12.1 Å². The number of alkyl halides is 3. The molecule has 0 aliphatic carbocycles. The van der Waals surface area contributed by atoms with Crippen LogP contribution in [0.2, 0.25) is 0 Å². The van der Waals surface area contributed by atoms with Crippen molar-refractivity contribution in [1.29, 1.82) is 5.26 Å². The molecule has 0 fully saturated rings. The van der Waals surface area contributed by atoms with Crippen molar-refractivity contribution in [2.24, 2.45) is 0 Å². The summed E-state index contributed by atoms with van der Waals surface area (Å²) in [7, 11) is 1.06. The third kappa shape index (κ3) is 2.53. The number of ether oxygens (including phenoxy) is 1. The summed E-state index contributed by atoms with van der Waals surface area (Å²) in [6, 6.07) is 4.26. The molecular weight excluding hydrogens is 252 g/mol. The first-order valence-electron chi connectivity index (χ1n) is 4.55. The monoisotopic (exact) mass is 259 g/mol. The maximum absolute atomic E-state index is 12.9. The van der Waals surface area contributed by atoms with Gasteiger partial charge in [0.2, 0.25) is 0 Å². The van der Waals surface area contributed by atoms with Gasteiger partial charge in [0.15, 0.2) is 0 Å². The van der Waals surface area contributed by atoms with Gasteiger partial charge in [0, 0.05) is 11.4 Å². The number of hydrogen-bond acceptors (Lipinski definition) is 3. The maximum Gasteiger partial charge on any atom is 0.339 e. The van der Waals surface area contributed by atoms with Gasteiger partial charge in [-0.1, -0.05) is 6.07 Å². The first-order valence-corrected chi connectivity index (χ1v) is 5.08. The zero-order valence-electron chi connectivity index (χ0n) is 8.84. The Morgan fingerprint density at radius 1 is 1.59 bits per heavy atom. The number of benzene rings is 1. The van der Waals surface area contributed by atoms with E-state index in [0.29, 0.717) is 0 Å². The minimum Gasteiger partial charge on any atom is -0.465 e. The fourth-order valence-electron chi connectivity index (χ4n) is 1.44. The second-order valence-corrected chi connectivity index (χ2v) is 3.37. The Hall–Kier alpha value is -1.67. The first kappa shape index (κ1) is 13.4. The van der Waals surface area contributed by atoms with Crippen molar-refractivity contribution in [2.75, 3.05) is 7.11 Å². The van der Waals surface area contributed by atoms with Crippen molar-refractivity contribution in [3.05, 3.63) is 34.4 Å². The number of hydrogen-bond donors (Lipinski definition) is 0. The van der Waals surface area contributed by atoms with Gasteiger partial charge in [-0.05, 0) is 11.6 Å². The van der Waals surface area contributed by atoms with Crippen LogP contribution in [0.1, 0.15) is 33.5 Å². The van der Waals surface area contributed by atoms with Crippen molar-refractivity contribution in [2.45, 2.75) is 12.3 Å². The summed E-state index contributed by atoms with van der Waals surface area (Å²) in [5.74, 6) is -1.14. The van der Waals surface area contributed by atoms with Crippen LogP contribution in [-0.4, -0.2) is 13.1 Å². The van der Waals surface area contributed by atoms with Gasteiger partial charge in [-0.2, -0.15) is 5.26 Å². The summed E-state index contributed by atoms with van der Waals surface area (Å²) in [6.07, 6.45) is -2.90. The minimum absolute atomic E-state index is 0.112. The van der Waals surface area contributed by atoms with E-state index in [1.165, 1.54) is 12.1 Å². The normalized spacial score (nSPS) is 10.1. The molecule has 6 heteroatoms. The Bertz CT molecular complexity index is 483. The molecule has 3 nitrogen and oxygen atoms in total. The van der Waals surface area contributed by atoms with E-state index in [9.17, 15) is 13.6 Å². The molecule has 0 heterocycles. The predicted molar refractivity (Wildman–Crippen MR) is 57.0 cm³/mol. The summed E-state index contributed by atoms with van der Waals surface area (Å²) in [5, 5.41) is 8.80. The minimum atomic E-state index is -2.90. The van der Waals surface area contributed by atoms with Gasteiger partial charge in [-0.3, -0.25) is 0 Å². The van der Waals surface area contributed by atoms with E-state index in [-0.39, 0.29) is 17.0 Å². The molecule has 0 amide bonds. The van der Waals surface area contributed by atoms with Gasteiger partial charge in [-0.15, -0.1) is 11.6 Å². The average molecular weight is 260 g/mol. The van der Waals surface area contributed by atoms with E-state index in [4.69, 9.17) is 16.9 Å². The molecule has 90 valence electrons. The van der Waals surface area contributed by atoms with Crippen LogP contribution >= 0.6 is 11.6 Å². The fraction of sp³-hybridized carbons (Fsp3) is 0.273. The van der Waals surface area contributed by atoms with E-state index < -0.39 is 23.5 Å². The second-order valence-electron chi connectivity index (χ2n) is 3.10. The molecule has 1 aromatic carbocycles. The van der Waals surface area contributed by atoms with Gasteiger partial charge in [0.1, 0.15) is 6.07 Å². The topological polar surface area (TPSA) is 50.1 Å². The van der Waals surface area contributed by atoms with Gasteiger partial charge in [0.25, 0.3) is 6.43 Å². The number of nitrogens with zero attached hydrogens (tertiary/aromatic N) is 1. The predicted octanol–water partition coefficient (Wildman–Crippen LogP) is 3.02. The first-order chi connectivity index (χ1) is 8.06. The van der Waals surface area contributed by atoms with Crippen LogP contribution in [0.5, 0.6) is 0 Å². The second kappa shape index (κ2) is 5.60. The van der Waals surface area contributed by atoms with Crippen LogP contribution < -0.4 is 0 Å². The molecule has 0 saturated carbocycles. The van der Waals surface area contributed by atoms with Crippen LogP contribution in [0.4, 0.5) is 8.78 Å². The van der Waals surface area contributed by atoms with Crippen molar-refractivity contribution >= 4 is 17.6 Å². The highest BCUT2D eigenvalue weighted by Crippen LogP contribution is 2.30. The SMILES string of the molecule is COC(=O)c1c(C#N)ccc(CCl)c1C(F)F. The van der Waals surface area contributed by atoms with Crippen LogP contribution in [0.3, 0.4) is 0 Å². The van der Waals surface area contributed by atoms with Crippen molar-refractivity contribution in [3.63, 3.8) is 0 Å². The van der Waals surface area contributed by atoms with Crippen molar-refractivity contribution < 1.29 is 18.3 Å². The van der Waals surface area contributed by atoms with E-state index in [1.807, 2.05) is 0 Å². The molecule has 0 spiro atoms. The average Bonchev–Trinajstić information content (AvgIpc) is 2.35. The Balaban J connectivity index is 3.59. The number of nitriles is 1. The van der Waals surface area contributed by atoms with Crippen LogP contribution in [0.25, 0.3) is 0 Å². The summed E-state index contributed by atoms with van der Waals surface area (Å²) in [4.78, 5) is 11.4. The number of esters is 1. The molecule has 0 saturated heterocycles. The van der Waals surface area contributed by atoms with Crippen LogP contribution in [-0.2, 0) is 10.6 Å². The van der Waals surface area contributed by atoms with E-state index >= 15 is 0 Å². The lowest BCUT2D eigenvalue weighted by atomic mass is 9.97. The largest absolute Gasteiger partial charge is 0.465 e. The summed E-state index contributed by atoms with van der Waals surface area (Å²) < 4.78 is 30.2. The lowest BCUT2D eigenvalue weighted by Crippen LogP contribution is -2.11. The number of rotatable bonds is 3. The standard InChI is InChI=1S/C11H8ClF2NO2/c1-17-11(16)9-7(5-15)3-2-6(4-12)8(9)10(13)14/h2-3,10H,4H2,1H3.